The molecule has 0 fully saturated rings. The van der Waals surface area contributed by atoms with E-state index in [4.69, 9.17) is 0 Å². The zero-order valence-electron chi connectivity index (χ0n) is 5.89. The molecule has 0 amide bonds. The predicted molar refractivity (Wildman–Crippen MR) is 39.0 cm³/mol. The summed E-state index contributed by atoms with van der Waals surface area (Å²) >= 11 is 0. The van der Waals surface area contributed by atoms with Crippen molar-refractivity contribution in [3.63, 3.8) is 0 Å². The molecule has 0 aromatic carbocycles. The lowest BCUT2D eigenvalue weighted by Crippen LogP contribution is -1.90. The largest absolute Gasteiger partial charge is 0.299 e. The smallest absolute Gasteiger partial charge is 0.136 e. The van der Waals surface area contributed by atoms with Gasteiger partial charge in [0.1, 0.15) is 5.78 Å². The number of allylic oxidation sites excluding steroid dienone is 2. The Bertz CT molecular complexity index is 103. The van der Waals surface area contributed by atoms with E-state index >= 15 is 0 Å². The average molecular weight is 125 g/mol. The summed E-state index contributed by atoms with van der Waals surface area (Å²) in [5.41, 5.74) is 0. The Morgan fingerprint density at radius 1 is 1.56 bits per heavy atom. The molecule has 9 heavy (non-hydrogen) atoms. The first-order valence-corrected chi connectivity index (χ1v) is 3.27. The topological polar surface area (TPSA) is 17.1 Å². The van der Waals surface area contributed by atoms with Crippen molar-refractivity contribution >= 4 is 5.78 Å². The number of hydrogen-bond donors (Lipinski definition) is 0. The lowest BCUT2D eigenvalue weighted by Gasteiger charge is -1.86. The van der Waals surface area contributed by atoms with E-state index in [1.54, 1.807) is 0 Å². The Kier molecular flexibility index (Phi) is 5.18. The maximum atomic E-state index is 10.6. The van der Waals surface area contributed by atoms with Gasteiger partial charge in [0.15, 0.2) is 0 Å². The molecule has 1 nitrogen and oxygen atoms in total. The third kappa shape index (κ3) is 5.28. The number of carbonyl (C=O) groups excluding carboxylic acids is 1. The monoisotopic (exact) mass is 125 g/mol. The molecular formula is C8H13O. The second-order valence-corrected chi connectivity index (χ2v) is 1.87. The molecule has 0 aliphatic carbocycles. The second-order valence-electron chi connectivity index (χ2n) is 1.87. The number of rotatable bonds is 4. The van der Waals surface area contributed by atoms with Crippen molar-refractivity contribution in [1.29, 1.82) is 0 Å². The summed E-state index contributed by atoms with van der Waals surface area (Å²) in [7, 11) is 0. The van der Waals surface area contributed by atoms with Crippen LogP contribution in [-0.2, 0) is 4.79 Å². The number of ketones is 1. The number of hydrogen-bond acceptors (Lipinski definition) is 1. The van der Waals surface area contributed by atoms with Gasteiger partial charge >= 0.3 is 0 Å². The molecule has 0 aliphatic heterocycles. The first kappa shape index (κ1) is 8.41. The van der Waals surface area contributed by atoms with E-state index < -0.39 is 0 Å². The summed E-state index contributed by atoms with van der Waals surface area (Å²) in [6, 6.07) is 0. The normalized spacial score (nSPS) is 10.4. The summed E-state index contributed by atoms with van der Waals surface area (Å²) in [5.74, 6) is 0.208. The van der Waals surface area contributed by atoms with Crippen molar-refractivity contribution in [2.75, 3.05) is 0 Å². The molecule has 0 aliphatic rings. The van der Waals surface area contributed by atoms with Crippen LogP contribution in [0.15, 0.2) is 12.2 Å². The molecule has 0 heterocycles. The fourth-order valence-electron chi connectivity index (χ4n) is 0.484. The van der Waals surface area contributed by atoms with Gasteiger partial charge in [0, 0.05) is 12.8 Å². The van der Waals surface area contributed by atoms with Crippen LogP contribution >= 0.6 is 0 Å². The lowest BCUT2D eigenvalue weighted by molar-refractivity contribution is -0.117. The molecule has 0 saturated carbocycles. The van der Waals surface area contributed by atoms with Gasteiger partial charge < -0.3 is 0 Å². The molecule has 0 unspecified atom stereocenters. The molecule has 1 radical (unpaired) electrons. The summed E-state index contributed by atoms with van der Waals surface area (Å²) < 4.78 is 0. The highest BCUT2D eigenvalue weighted by Gasteiger charge is 1.90. The quantitative estimate of drug-likeness (QED) is 0.526. The van der Waals surface area contributed by atoms with Crippen LogP contribution < -0.4 is 0 Å². The van der Waals surface area contributed by atoms with Crippen LogP contribution in [0.25, 0.3) is 0 Å². The summed E-state index contributed by atoms with van der Waals surface area (Å²) in [6.07, 6.45) is 5.86. The highest BCUT2D eigenvalue weighted by Crippen LogP contribution is 1.90. The Morgan fingerprint density at radius 2 is 2.22 bits per heavy atom. The van der Waals surface area contributed by atoms with Gasteiger partial charge in [-0.25, -0.2) is 0 Å². The maximum Gasteiger partial charge on any atom is 0.136 e. The standard InChI is InChI=1S/C8H13O/c1-3-5-6-7-8(9)4-2/h5-6H,2-4,7H2,1H3/b6-5-. The first-order valence-electron chi connectivity index (χ1n) is 3.27. The van der Waals surface area contributed by atoms with E-state index in [-0.39, 0.29) is 5.78 Å². The van der Waals surface area contributed by atoms with E-state index in [9.17, 15) is 4.79 Å². The van der Waals surface area contributed by atoms with E-state index in [1.807, 2.05) is 19.1 Å². The fourth-order valence-corrected chi connectivity index (χ4v) is 0.484. The molecule has 0 bridgehead atoms. The van der Waals surface area contributed by atoms with E-state index in [2.05, 4.69) is 6.92 Å². The molecule has 0 spiro atoms. The molecular weight excluding hydrogens is 112 g/mol. The van der Waals surface area contributed by atoms with Crippen molar-refractivity contribution in [2.45, 2.75) is 26.2 Å². The molecule has 0 N–H and O–H groups in total. The molecule has 0 atom stereocenters. The van der Waals surface area contributed by atoms with Gasteiger partial charge in [-0.1, -0.05) is 19.1 Å². The SMILES string of the molecule is [CH2]CC(=O)C/C=C\CC. The second kappa shape index (κ2) is 5.54. The van der Waals surface area contributed by atoms with Crippen LogP contribution in [0.4, 0.5) is 0 Å². The van der Waals surface area contributed by atoms with Crippen LogP contribution in [0.2, 0.25) is 0 Å². The molecule has 0 aromatic rings. The Labute approximate surface area is 56.8 Å². The minimum Gasteiger partial charge on any atom is -0.299 e. The average Bonchev–Trinajstić information content (AvgIpc) is 1.89. The molecule has 1 heteroatoms. The van der Waals surface area contributed by atoms with Crippen LogP contribution in [0, 0.1) is 6.92 Å². The van der Waals surface area contributed by atoms with E-state index in [0.717, 1.165) is 6.42 Å². The zero-order valence-corrected chi connectivity index (χ0v) is 5.89. The number of Topliss-reactive ketones (excluding diaryl/α,β-unsaturated/α-hetero) is 1. The molecule has 0 rings (SSSR count). The van der Waals surface area contributed by atoms with Crippen LogP contribution in [0.3, 0.4) is 0 Å². The summed E-state index contributed by atoms with van der Waals surface area (Å²) in [5, 5.41) is 0. The summed E-state index contributed by atoms with van der Waals surface area (Å²) in [4.78, 5) is 10.6. The van der Waals surface area contributed by atoms with Gasteiger partial charge in [0.2, 0.25) is 0 Å². The van der Waals surface area contributed by atoms with Crippen molar-refractivity contribution < 1.29 is 4.79 Å². The van der Waals surface area contributed by atoms with Crippen LogP contribution in [0.1, 0.15) is 26.2 Å². The third-order valence-electron chi connectivity index (χ3n) is 1.03. The van der Waals surface area contributed by atoms with Crippen molar-refractivity contribution in [3.05, 3.63) is 19.1 Å². The molecule has 0 saturated heterocycles. The highest BCUT2D eigenvalue weighted by molar-refractivity contribution is 5.80. The molecule has 51 valence electrons. The van der Waals surface area contributed by atoms with Crippen LogP contribution in [-0.4, -0.2) is 5.78 Å². The van der Waals surface area contributed by atoms with Gasteiger partial charge in [-0.2, -0.15) is 0 Å². The van der Waals surface area contributed by atoms with E-state index in [1.165, 1.54) is 0 Å². The Balaban J connectivity index is 3.26. The van der Waals surface area contributed by atoms with Gasteiger partial charge in [-0.15, -0.1) is 0 Å². The predicted octanol–water partition coefficient (Wildman–Crippen LogP) is 2.14. The van der Waals surface area contributed by atoms with E-state index in [0.29, 0.717) is 12.8 Å². The van der Waals surface area contributed by atoms with Crippen molar-refractivity contribution in [1.82, 2.24) is 0 Å². The molecule has 0 aromatic heterocycles. The maximum absolute atomic E-state index is 10.6. The van der Waals surface area contributed by atoms with Gasteiger partial charge in [0.25, 0.3) is 0 Å². The highest BCUT2D eigenvalue weighted by atomic mass is 16.1. The number of carbonyl (C=O) groups is 1. The fraction of sp³-hybridized carbons (Fsp3) is 0.500. The third-order valence-corrected chi connectivity index (χ3v) is 1.03. The Morgan fingerprint density at radius 3 is 2.67 bits per heavy atom. The van der Waals surface area contributed by atoms with Gasteiger partial charge in [0.05, 0.1) is 0 Å². The van der Waals surface area contributed by atoms with Crippen LogP contribution in [0.5, 0.6) is 0 Å². The zero-order chi connectivity index (χ0) is 7.11. The summed E-state index contributed by atoms with van der Waals surface area (Å²) in [6.45, 7) is 5.53. The first-order chi connectivity index (χ1) is 4.31. The Hall–Kier alpha value is -0.590. The van der Waals surface area contributed by atoms with Gasteiger partial charge in [-0.05, 0) is 13.3 Å². The minimum atomic E-state index is 0.208. The van der Waals surface area contributed by atoms with Crippen molar-refractivity contribution in [3.8, 4) is 0 Å². The lowest BCUT2D eigenvalue weighted by atomic mass is 10.2. The van der Waals surface area contributed by atoms with Crippen molar-refractivity contribution in [2.24, 2.45) is 0 Å². The van der Waals surface area contributed by atoms with Gasteiger partial charge in [-0.3, -0.25) is 4.79 Å². The minimum absolute atomic E-state index is 0.208.